The van der Waals surface area contributed by atoms with Crippen LogP contribution in [-0.2, 0) is 16.6 Å². The SMILES string of the molecule is Cc1cc(OCc2c(-c3c(Cl)cccc3Cl)noc2C(C)C)ccc1NS(=O)(=O)c1cccc(C(=O)O)c1. The Morgan fingerprint density at radius 2 is 1.76 bits per heavy atom. The van der Waals surface area contributed by atoms with E-state index < -0.39 is 16.0 Å². The van der Waals surface area contributed by atoms with Crippen molar-refractivity contribution in [2.24, 2.45) is 0 Å². The van der Waals surface area contributed by atoms with Crippen LogP contribution in [0.3, 0.4) is 0 Å². The molecule has 0 aliphatic heterocycles. The first-order chi connectivity index (χ1) is 18.0. The molecular weight excluding hydrogens is 551 g/mol. The number of hydrogen-bond donors (Lipinski definition) is 2. The number of aryl methyl sites for hydroxylation is 1. The lowest BCUT2D eigenvalue weighted by molar-refractivity contribution is 0.0696. The first kappa shape index (κ1) is 27.5. The van der Waals surface area contributed by atoms with E-state index in [0.717, 1.165) is 6.07 Å². The molecule has 0 radical (unpaired) electrons. The van der Waals surface area contributed by atoms with Gasteiger partial charge in [0.05, 0.1) is 31.8 Å². The fourth-order valence-corrected chi connectivity index (χ4v) is 5.58. The molecule has 4 aromatic rings. The topological polar surface area (TPSA) is 119 Å². The van der Waals surface area contributed by atoms with Crippen LogP contribution in [0.2, 0.25) is 10.0 Å². The van der Waals surface area contributed by atoms with Gasteiger partial charge in [-0.1, -0.05) is 54.3 Å². The van der Waals surface area contributed by atoms with Crippen LogP contribution in [0.25, 0.3) is 11.3 Å². The molecule has 0 bridgehead atoms. The summed E-state index contributed by atoms with van der Waals surface area (Å²) >= 11 is 12.8. The molecule has 38 heavy (non-hydrogen) atoms. The lowest BCUT2D eigenvalue weighted by Crippen LogP contribution is -2.14. The van der Waals surface area contributed by atoms with Crippen molar-refractivity contribution in [3.63, 3.8) is 0 Å². The maximum atomic E-state index is 12.8. The van der Waals surface area contributed by atoms with Gasteiger partial charge in [0.2, 0.25) is 0 Å². The van der Waals surface area contributed by atoms with Crippen LogP contribution in [0.15, 0.2) is 70.1 Å². The summed E-state index contributed by atoms with van der Waals surface area (Å²) < 4.78 is 39.9. The third-order valence-corrected chi connectivity index (χ3v) is 7.75. The maximum absolute atomic E-state index is 12.8. The van der Waals surface area contributed by atoms with Crippen LogP contribution in [0.1, 0.15) is 47.0 Å². The number of benzene rings is 3. The van der Waals surface area contributed by atoms with Crippen molar-refractivity contribution in [3.8, 4) is 17.0 Å². The van der Waals surface area contributed by atoms with E-state index in [1.165, 1.54) is 18.2 Å². The number of sulfonamides is 1. The molecule has 0 atom stereocenters. The smallest absolute Gasteiger partial charge is 0.335 e. The third-order valence-electron chi connectivity index (χ3n) is 5.76. The molecule has 0 unspecified atom stereocenters. The Bertz CT molecular complexity index is 1600. The number of ether oxygens (including phenoxy) is 1. The molecule has 8 nitrogen and oxygen atoms in total. The number of aromatic nitrogens is 1. The predicted molar refractivity (Wildman–Crippen MR) is 146 cm³/mol. The molecule has 4 rings (SSSR count). The van der Waals surface area contributed by atoms with Crippen LogP contribution in [-0.4, -0.2) is 24.7 Å². The minimum absolute atomic E-state index is 0.0225. The van der Waals surface area contributed by atoms with Gasteiger partial charge in [-0.3, -0.25) is 4.72 Å². The number of anilines is 1. The summed E-state index contributed by atoms with van der Waals surface area (Å²) in [6.45, 7) is 5.78. The molecule has 3 aromatic carbocycles. The van der Waals surface area contributed by atoms with E-state index >= 15 is 0 Å². The highest BCUT2D eigenvalue weighted by atomic mass is 35.5. The van der Waals surface area contributed by atoms with Gasteiger partial charge in [0, 0.05) is 11.5 Å². The van der Waals surface area contributed by atoms with E-state index in [0.29, 0.717) is 49.6 Å². The van der Waals surface area contributed by atoms with Crippen LogP contribution in [0.5, 0.6) is 5.75 Å². The highest BCUT2D eigenvalue weighted by Gasteiger charge is 2.24. The molecule has 0 fully saturated rings. The lowest BCUT2D eigenvalue weighted by atomic mass is 10.0. The average Bonchev–Trinajstić information content (AvgIpc) is 3.28. The molecule has 0 amide bonds. The normalized spacial score (nSPS) is 11.5. The Balaban J connectivity index is 1.57. The number of aromatic carboxylic acids is 1. The molecule has 0 spiro atoms. The van der Waals surface area contributed by atoms with Crippen molar-refractivity contribution in [2.45, 2.75) is 38.2 Å². The Labute approximate surface area is 230 Å². The second-order valence-corrected chi connectivity index (χ2v) is 11.3. The first-order valence-corrected chi connectivity index (χ1v) is 13.7. The van der Waals surface area contributed by atoms with E-state index in [2.05, 4.69) is 9.88 Å². The molecule has 1 heterocycles. The first-order valence-electron chi connectivity index (χ1n) is 11.5. The van der Waals surface area contributed by atoms with E-state index in [1.807, 2.05) is 13.8 Å². The van der Waals surface area contributed by atoms with Gasteiger partial charge in [-0.05, 0) is 61.0 Å². The third kappa shape index (κ3) is 5.80. The standard InChI is InChI=1S/C27H24Cl2N2O6S/c1-15(2)26-20(25(30-37-26)24-21(28)8-5-9-22(24)29)14-36-18-10-11-23(16(3)12-18)31-38(34,35)19-7-4-6-17(13-19)27(32)33/h4-13,15,31H,14H2,1-3H3,(H,32,33). The van der Waals surface area contributed by atoms with Crippen molar-refractivity contribution >= 4 is 44.9 Å². The largest absolute Gasteiger partial charge is 0.489 e. The molecule has 2 N–H and O–H groups in total. The van der Waals surface area contributed by atoms with Gasteiger partial charge in [0.25, 0.3) is 10.0 Å². The van der Waals surface area contributed by atoms with Crippen LogP contribution < -0.4 is 9.46 Å². The molecule has 1 aromatic heterocycles. The van der Waals surface area contributed by atoms with Crippen molar-refractivity contribution in [3.05, 3.63) is 93.2 Å². The Morgan fingerprint density at radius 1 is 1.08 bits per heavy atom. The van der Waals surface area contributed by atoms with E-state index in [-0.39, 0.29) is 23.0 Å². The highest BCUT2D eigenvalue weighted by molar-refractivity contribution is 7.92. The van der Waals surface area contributed by atoms with Crippen LogP contribution in [0, 0.1) is 6.92 Å². The van der Waals surface area contributed by atoms with Crippen LogP contribution >= 0.6 is 23.2 Å². The molecule has 0 saturated heterocycles. The quantitative estimate of drug-likeness (QED) is 0.217. The Kier molecular flexibility index (Phi) is 8.01. The summed E-state index contributed by atoms with van der Waals surface area (Å²) in [7, 11) is -4.01. The van der Waals surface area contributed by atoms with Gasteiger partial charge >= 0.3 is 5.97 Å². The second-order valence-electron chi connectivity index (χ2n) is 8.83. The molecule has 11 heteroatoms. The minimum atomic E-state index is -4.01. The second kappa shape index (κ2) is 11.1. The highest BCUT2D eigenvalue weighted by Crippen LogP contribution is 2.39. The molecule has 0 aliphatic carbocycles. The Hall–Kier alpha value is -3.53. The van der Waals surface area contributed by atoms with Gasteiger partial charge in [-0.2, -0.15) is 0 Å². The van der Waals surface area contributed by atoms with E-state index in [4.69, 9.17) is 37.6 Å². The summed E-state index contributed by atoms with van der Waals surface area (Å²) in [5.74, 6) is -0.0616. The molecular formula is C27H24Cl2N2O6S. The van der Waals surface area contributed by atoms with Gasteiger partial charge in [0.1, 0.15) is 23.8 Å². The number of carbonyl (C=O) groups is 1. The fourth-order valence-electron chi connectivity index (χ4n) is 3.83. The summed E-state index contributed by atoms with van der Waals surface area (Å²) in [6, 6.07) is 15.2. The van der Waals surface area contributed by atoms with Crippen molar-refractivity contribution in [1.82, 2.24) is 5.16 Å². The zero-order valence-corrected chi connectivity index (χ0v) is 23.0. The fraction of sp³-hybridized carbons (Fsp3) is 0.185. The molecule has 0 saturated carbocycles. The number of nitrogens with zero attached hydrogens (tertiary/aromatic N) is 1. The summed E-state index contributed by atoms with van der Waals surface area (Å²) in [4.78, 5) is 11.1. The predicted octanol–water partition coefficient (Wildman–Crippen LogP) is 7.16. The molecule has 198 valence electrons. The number of hydrogen-bond acceptors (Lipinski definition) is 6. The summed E-state index contributed by atoms with van der Waals surface area (Å²) in [6.07, 6.45) is 0. The minimum Gasteiger partial charge on any atom is -0.489 e. The van der Waals surface area contributed by atoms with Gasteiger partial charge in [-0.15, -0.1) is 0 Å². The average molecular weight is 575 g/mol. The summed E-state index contributed by atoms with van der Waals surface area (Å²) in [5.41, 5.74) is 2.56. The number of carboxylic acids is 1. The van der Waals surface area contributed by atoms with E-state index in [1.54, 1.807) is 43.3 Å². The van der Waals surface area contributed by atoms with Gasteiger partial charge in [0.15, 0.2) is 0 Å². The van der Waals surface area contributed by atoms with Gasteiger partial charge in [-0.25, -0.2) is 13.2 Å². The number of carboxylic acid groups (broad SMARTS) is 1. The summed E-state index contributed by atoms with van der Waals surface area (Å²) in [5, 5.41) is 14.3. The number of halogens is 2. The zero-order valence-electron chi connectivity index (χ0n) is 20.7. The van der Waals surface area contributed by atoms with Crippen LogP contribution in [0.4, 0.5) is 5.69 Å². The monoisotopic (exact) mass is 574 g/mol. The number of rotatable bonds is 9. The number of nitrogens with one attached hydrogen (secondary N) is 1. The van der Waals surface area contributed by atoms with Crippen molar-refractivity contribution < 1.29 is 27.6 Å². The Morgan fingerprint density at radius 3 is 2.39 bits per heavy atom. The van der Waals surface area contributed by atoms with E-state index in [9.17, 15) is 13.2 Å². The van der Waals surface area contributed by atoms with Gasteiger partial charge < -0.3 is 14.4 Å². The van der Waals surface area contributed by atoms with Crippen molar-refractivity contribution in [1.29, 1.82) is 0 Å². The zero-order chi connectivity index (χ0) is 27.6. The maximum Gasteiger partial charge on any atom is 0.335 e. The lowest BCUT2D eigenvalue weighted by Gasteiger charge is -2.14. The molecule has 0 aliphatic rings. The van der Waals surface area contributed by atoms with Crippen molar-refractivity contribution in [2.75, 3.05) is 4.72 Å².